The van der Waals surface area contributed by atoms with Gasteiger partial charge in [0.05, 0.1) is 19.3 Å². The first-order chi connectivity index (χ1) is 9.04. The van der Waals surface area contributed by atoms with Gasteiger partial charge in [0.15, 0.2) is 5.76 Å². The van der Waals surface area contributed by atoms with Gasteiger partial charge in [-0.3, -0.25) is 4.79 Å². The summed E-state index contributed by atoms with van der Waals surface area (Å²) in [5.74, 6) is -0.938. The van der Waals surface area contributed by atoms with Crippen molar-refractivity contribution in [2.45, 2.75) is 26.3 Å². The van der Waals surface area contributed by atoms with E-state index in [1.807, 2.05) is 6.92 Å². The van der Waals surface area contributed by atoms with Crippen LogP contribution in [0, 0.1) is 0 Å². The summed E-state index contributed by atoms with van der Waals surface area (Å²) in [7, 11) is 0. The van der Waals surface area contributed by atoms with Gasteiger partial charge in [-0.2, -0.15) is 0 Å². The van der Waals surface area contributed by atoms with Crippen molar-refractivity contribution >= 4 is 11.9 Å². The Labute approximate surface area is 110 Å². The molecule has 1 saturated heterocycles. The van der Waals surface area contributed by atoms with Crippen molar-refractivity contribution in [2.75, 3.05) is 19.8 Å². The Balaban J connectivity index is 2.26. The number of morpholine rings is 1. The maximum atomic E-state index is 12.3. The maximum Gasteiger partial charge on any atom is 0.339 e. The Morgan fingerprint density at radius 1 is 1.53 bits per heavy atom. The standard InChI is InChI=1S/C13H17NO5/c1-3-10-9(13(16)17)6-11(19-10)12(15)14-4-5-18-7-8(14)2/h6,8H,3-5,7H2,1-2H3,(H,16,17). The highest BCUT2D eigenvalue weighted by Gasteiger charge is 2.28. The maximum absolute atomic E-state index is 12.3. The first kappa shape index (κ1) is 13.6. The number of carbonyl (C=O) groups is 2. The quantitative estimate of drug-likeness (QED) is 0.895. The van der Waals surface area contributed by atoms with Gasteiger partial charge in [-0.1, -0.05) is 6.92 Å². The highest BCUT2D eigenvalue weighted by Crippen LogP contribution is 2.20. The molecule has 104 valence electrons. The lowest BCUT2D eigenvalue weighted by Gasteiger charge is -2.32. The van der Waals surface area contributed by atoms with Crippen LogP contribution in [0.2, 0.25) is 0 Å². The van der Waals surface area contributed by atoms with Gasteiger partial charge < -0.3 is 19.2 Å². The number of ether oxygens (including phenoxy) is 1. The molecule has 2 heterocycles. The van der Waals surface area contributed by atoms with Crippen molar-refractivity contribution in [2.24, 2.45) is 0 Å². The number of rotatable bonds is 3. The van der Waals surface area contributed by atoms with E-state index < -0.39 is 5.97 Å². The molecule has 1 aliphatic rings. The van der Waals surface area contributed by atoms with Crippen LogP contribution in [0.1, 0.15) is 40.5 Å². The molecule has 6 nitrogen and oxygen atoms in total. The van der Waals surface area contributed by atoms with Crippen LogP contribution in [0.5, 0.6) is 0 Å². The summed E-state index contributed by atoms with van der Waals surface area (Å²) >= 11 is 0. The molecule has 1 unspecified atom stereocenters. The minimum Gasteiger partial charge on any atom is -0.478 e. The van der Waals surface area contributed by atoms with Crippen LogP contribution in [0.4, 0.5) is 0 Å². The molecule has 0 aromatic carbocycles. The van der Waals surface area contributed by atoms with Gasteiger partial charge in [0.1, 0.15) is 11.3 Å². The lowest BCUT2D eigenvalue weighted by Crippen LogP contribution is -2.47. The number of amides is 1. The number of carbonyl (C=O) groups excluding carboxylic acids is 1. The molecule has 1 aromatic heterocycles. The van der Waals surface area contributed by atoms with Crippen LogP contribution in [-0.2, 0) is 11.2 Å². The normalized spacial score (nSPS) is 19.5. The van der Waals surface area contributed by atoms with E-state index in [0.29, 0.717) is 31.9 Å². The molecular formula is C13H17NO5. The highest BCUT2D eigenvalue weighted by atomic mass is 16.5. The van der Waals surface area contributed by atoms with Crippen molar-refractivity contribution in [3.05, 3.63) is 23.2 Å². The number of nitrogens with zero attached hydrogens (tertiary/aromatic N) is 1. The van der Waals surface area contributed by atoms with Crippen molar-refractivity contribution in [1.29, 1.82) is 0 Å². The van der Waals surface area contributed by atoms with Crippen molar-refractivity contribution in [3.63, 3.8) is 0 Å². The summed E-state index contributed by atoms with van der Waals surface area (Å²) in [4.78, 5) is 25.0. The van der Waals surface area contributed by atoms with E-state index >= 15 is 0 Å². The summed E-state index contributed by atoms with van der Waals surface area (Å²) in [6.45, 7) is 5.14. The van der Waals surface area contributed by atoms with Gasteiger partial charge in [0.25, 0.3) is 5.91 Å². The van der Waals surface area contributed by atoms with Gasteiger partial charge in [-0.25, -0.2) is 4.79 Å². The molecule has 1 atom stereocenters. The highest BCUT2D eigenvalue weighted by molar-refractivity contribution is 5.96. The summed E-state index contributed by atoms with van der Waals surface area (Å²) in [6, 6.07) is 1.27. The molecule has 1 N–H and O–H groups in total. The minimum atomic E-state index is -1.07. The fraction of sp³-hybridized carbons (Fsp3) is 0.538. The van der Waals surface area contributed by atoms with Gasteiger partial charge in [-0.15, -0.1) is 0 Å². The number of aromatic carboxylic acids is 1. The number of carboxylic acids is 1. The second-order valence-electron chi connectivity index (χ2n) is 4.53. The molecule has 19 heavy (non-hydrogen) atoms. The van der Waals surface area contributed by atoms with Crippen LogP contribution in [0.3, 0.4) is 0 Å². The molecule has 1 aliphatic heterocycles. The fourth-order valence-electron chi connectivity index (χ4n) is 2.15. The van der Waals surface area contributed by atoms with E-state index in [2.05, 4.69) is 0 Å². The third-order valence-corrected chi connectivity index (χ3v) is 3.20. The topological polar surface area (TPSA) is 80.0 Å². The molecule has 0 aliphatic carbocycles. The van der Waals surface area contributed by atoms with Gasteiger partial charge in [0, 0.05) is 19.0 Å². The summed E-state index contributed by atoms with van der Waals surface area (Å²) in [6.07, 6.45) is 0.438. The van der Waals surface area contributed by atoms with E-state index in [1.165, 1.54) is 6.07 Å². The lowest BCUT2D eigenvalue weighted by molar-refractivity contribution is 0.00189. The number of carboxylic acid groups (broad SMARTS) is 1. The zero-order valence-corrected chi connectivity index (χ0v) is 11.0. The molecule has 1 fully saturated rings. The van der Waals surface area contributed by atoms with Crippen LogP contribution in [0.15, 0.2) is 10.5 Å². The Hall–Kier alpha value is -1.82. The SMILES string of the molecule is CCc1oc(C(=O)N2CCOCC2C)cc1C(=O)O. The average Bonchev–Trinajstić information content (AvgIpc) is 2.83. The Bertz CT molecular complexity index is 493. The third-order valence-electron chi connectivity index (χ3n) is 3.20. The first-order valence-corrected chi connectivity index (χ1v) is 6.29. The molecular weight excluding hydrogens is 250 g/mol. The predicted octanol–water partition coefficient (Wildman–Crippen LogP) is 1.40. The van der Waals surface area contributed by atoms with Gasteiger partial charge in [-0.05, 0) is 6.92 Å². The summed E-state index contributed by atoms with van der Waals surface area (Å²) < 4.78 is 10.6. The lowest BCUT2D eigenvalue weighted by atomic mass is 10.2. The smallest absolute Gasteiger partial charge is 0.339 e. The van der Waals surface area contributed by atoms with Crippen molar-refractivity contribution in [3.8, 4) is 0 Å². The number of hydrogen-bond donors (Lipinski definition) is 1. The summed E-state index contributed by atoms with van der Waals surface area (Å²) in [5.41, 5.74) is 0.0618. The summed E-state index contributed by atoms with van der Waals surface area (Å²) in [5, 5.41) is 9.05. The van der Waals surface area contributed by atoms with E-state index in [0.717, 1.165) is 0 Å². The Morgan fingerprint density at radius 2 is 2.26 bits per heavy atom. The second kappa shape index (κ2) is 5.44. The van der Waals surface area contributed by atoms with Gasteiger partial charge in [0.2, 0.25) is 0 Å². The van der Waals surface area contributed by atoms with Gasteiger partial charge >= 0.3 is 5.97 Å². The first-order valence-electron chi connectivity index (χ1n) is 6.29. The van der Waals surface area contributed by atoms with Crippen molar-refractivity contribution in [1.82, 2.24) is 4.90 Å². The average molecular weight is 267 g/mol. The van der Waals surface area contributed by atoms with E-state index in [1.54, 1.807) is 11.8 Å². The Kier molecular flexibility index (Phi) is 3.90. The van der Waals surface area contributed by atoms with E-state index in [4.69, 9.17) is 14.3 Å². The van der Waals surface area contributed by atoms with Crippen LogP contribution in [-0.4, -0.2) is 47.7 Å². The molecule has 0 radical (unpaired) electrons. The monoisotopic (exact) mass is 267 g/mol. The molecule has 0 saturated carbocycles. The van der Waals surface area contributed by atoms with Crippen LogP contribution in [0.25, 0.3) is 0 Å². The van der Waals surface area contributed by atoms with Crippen molar-refractivity contribution < 1.29 is 23.8 Å². The fourth-order valence-corrected chi connectivity index (χ4v) is 2.15. The molecule has 6 heteroatoms. The minimum absolute atomic E-state index is 0.0373. The van der Waals surface area contributed by atoms with E-state index in [-0.39, 0.29) is 23.3 Å². The molecule has 0 bridgehead atoms. The largest absolute Gasteiger partial charge is 0.478 e. The third kappa shape index (κ3) is 2.63. The molecule has 1 aromatic rings. The zero-order valence-electron chi connectivity index (χ0n) is 11.0. The molecule has 1 amide bonds. The number of furan rings is 1. The molecule has 2 rings (SSSR count). The van der Waals surface area contributed by atoms with Crippen LogP contribution < -0.4 is 0 Å². The number of aryl methyl sites for hydroxylation is 1. The van der Waals surface area contributed by atoms with E-state index in [9.17, 15) is 9.59 Å². The van der Waals surface area contributed by atoms with Crippen LogP contribution >= 0.6 is 0 Å². The predicted molar refractivity (Wildman–Crippen MR) is 66.4 cm³/mol. The Morgan fingerprint density at radius 3 is 2.79 bits per heavy atom. The molecule has 0 spiro atoms. The second-order valence-corrected chi connectivity index (χ2v) is 4.53. The number of hydrogen-bond acceptors (Lipinski definition) is 4. The zero-order chi connectivity index (χ0) is 14.0.